The molecule has 1 aromatic rings. The van der Waals surface area contributed by atoms with Crippen LogP contribution in [0.4, 0.5) is 0 Å². The number of allylic oxidation sites excluding steroid dienone is 1. The van der Waals surface area contributed by atoms with Gasteiger partial charge in [-0.1, -0.05) is 6.07 Å². The molecule has 0 saturated carbocycles. The van der Waals surface area contributed by atoms with Crippen LogP contribution in [0.15, 0.2) is 24.5 Å². The molecule has 84 valence electrons. The molecular weight excluding hydrogens is 236 g/mol. The van der Waals surface area contributed by atoms with Gasteiger partial charge in [-0.05, 0) is 17.7 Å². The lowest BCUT2D eigenvalue weighted by Crippen LogP contribution is -2.07. The lowest BCUT2D eigenvalue weighted by atomic mass is 10.1. The number of aliphatic hydroxyl groups excluding tert-OH is 1. The Morgan fingerprint density at radius 2 is 1.94 bits per heavy atom. The molecule has 0 atom stereocenters. The number of fused-ring (bicyclic) bond motifs is 1. The summed E-state index contributed by atoms with van der Waals surface area (Å²) in [6.45, 7) is 0. The minimum absolute atomic E-state index is 0.00991. The van der Waals surface area contributed by atoms with Crippen molar-refractivity contribution in [2.75, 3.05) is 0 Å². The first-order valence-electron chi connectivity index (χ1n) is 4.13. The highest BCUT2D eigenvalue weighted by Crippen LogP contribution is 2.37. The van der Waals surface area contributed by atoms with E-state index in [9.17, 15) is 13.2 Å². The second kappa shape index (κ2) is 3.53. The van der Waals surface area contributed by atoms with Gasteiger partial charge < -0.3 is 13.5 Å². The highest BCUT2D eigenvalue weighted by molar-refractivity contribution is 7.82. The lowest BCUT2D eigenvalue weighted by Gasteiger charge is -1.99. The molecular formula is C9H6O6S. The van der Waals surface area contributed by atoms with Gasteiger partial charge in [-0.25, -0.2) is 0 Å². The summed E-state index contributed by atoms with van der Waals surface area (Å²) in [4.78, 5) is 10.5. The van der Waals surface area contributed by atoms with Crippen LogP contribution in [-0.2, 0) is 15.2 Å². The van der Waals surface area contributed by atoms with Gasteiger partial charge in [-0.3, -0.25) is 4.79 Å². The van der Waals surface area contributed by atoms with Gasteiger partial charge in [-0.15, -0.1) is 8.42 Å². The van der Waals surface area contributed by atoms with Gasteiger partial charge in [-0.2, -0.15) is 0 Å². The highest BCUT2D eigenvalue weighted by atomic mass is 32.3. The van der Waals surface area contributed by atoms with E-state index in [4.69, 9.17) is 5.11 Å². The van der Waals surface area contributed by atoms with Crippen molar-refractivity contribution in [3.8, 4) is 11.5 Å². The minimum Gasteiger partial charge on any atom is -0.515 e. The number of hydrogen-bond acceptors (Lipinski definition) is 6. The van der Waals surface area contributed by atoms with Gasteiger partial charge >= 0.3 is 10.4 Å². The van der Waals surface area contributed by atoms with Crippen LogP contribution in [0.5, 0.6) is 11.5 Å². The molecule has 1 aromatic carbocycles. The summed E-state index contributed by atoms with van der Waals surface area (Å²) in [5, 5.41) is 8.75. The predicted octanol–water partition coefficient (Wildman–Crippen LogP) is 0.800. The average molecular weight is 242 g/mol. The number of carbonyl (C=O) groups is 1. The van der Waals surface area contributed by atoms with E-state index in [1.165, 1.54) is 18.2 Å². The van der Waals surface area contributed by atoms with Crippen molar-refractivity contribution in [3.05, 3.63) is 30.0 Å². The molecule has 0 aliphatic carbocycles. The Morgan fingerprint density at radius 3 is 2.56 bits per heavy atom. The van der Waals surface area contributed by atoms with Gasteiger partial charge in [0.05, 0.1) is 11.8 Å². The number of hydrogen-bond donors (Lipinski definition) is 1. The quantitative estimate of drug-likeness (QED) is 0.468. The number of carbonyl (C=O) groups excluding carboxylic acids is 1. The summed E-state index contributed by atoms with van der Waals surface area (Å²) in [5.41, 5.74) is 0.340. The van der Waals surface area contributed by atoms with Crippen LogP contribution < -0.4 is 8.37 Å². The summed E-state index contributed by atoms with van der Waals surface area (Å²) in [6.07, 6.45) is 1.06. The van der Waals surface area contributed by atoms with Gasteiger partial charge in [0.1, 0.15) is 0 Å². The van der Waals surface area contributed by atoms with Crippen molar-refractivity contribution < 1.29 is 26.7 Å². The fourth-order valence-electron chi connectivity index (χ4n) is 1.23. The highest BCUT2D eigenvalue weighted by Gasteiger charge is 2.28. The number of rotatable bonds is 2. The maximum Gasteiger partial charge on any atom is 0.501 e. The molecule has 1 heterocycles. The van der Waals surface area contributed by atoms with E-state index >= 15 is 0 Å². The maximum atomic E-state index is 10.9. The van der Waals surface area contributed by atoms with Gasteiger partial charge in [0.15, 0.2) is 17.8 Å². The third kappa shape index (κ3) is 1.72. The summed E-state index contributed by atoms with van der Waals surface area (Å²) < 4.78 is 30.8. The summed E-state index contributed by atoms with van der Waals surface area (Å²) in [5.74, 6) is 0.0330. The second-order valence-electron chi connectivity index (χ2n) is 2.94. The molecule has 2 rings (SSSR count). The van der Waals surface area contributed by atoms with Crippen LogP contribution in [0.1, 0.15) is 5.56 Å². The monoisotopic (exact) mass is 242 g/mol. The average Bonchev–Trinajstić information content (AvgIpc) is 2.53. The molecule has 0 spiro atoms. The number of aldehydes is 1. The summed E-state index contributed by atoms with van der Waals surface area (Å²) >= 11 is 0. The lowest BCUT2D eigenvalue weighted by molar-refractivity contribution is -0.103. The molecule has 1 N–H and O–H groups in total. The SMILES string of the molecule is O=C/C(=C\O)c1ccc2c(c1)OS(=O)(=O)O2. The van der Waals surface area contributed by atoms with E-state index in [1.807, 2.05) is 0 Å². The summed E-state index contributed by atoms with van der Waals surface area (Å²) in [6, 6.07) is 4.05. The maximum absolute atomic E-state index is 10.9. The molecule has 16 heavy (non-hydrogen) atoms. The van der Waals surface area contributed by atoms with Crippen LogP contribution in [0, 0.1) is 0 Å². The smallest absolute Gasteiger partial charge is 0.501 e. The molecule has 6 nitrogen and oxygen atoms in total. The molecule has 0 amide bonds. The third-order valence-corrected chi connectivity index (χ3v) is 2.69. The van der Waals surface area contributed by atoms with Crippen molar-refractivity contribution in [2.45, 2.75) is 0 Å². The zero-order valence-electron chi connectivity index (χ0n) is 7.78. The third-order valence-electron chi connectivity index (χ3n) is 1.93. The number of aliphatic hydroxyl groups is 1. The molecule has 0 aromatic heterocycles. The first-order valence-corrected chi connectivity index (χ1v) is 5.47. The van der Waals surface area contributed by atoms with Crippen LogP contribution >= 0.6 is 0 Å². The Labute approximate surface area is 91.1 Å². The molecule has 0 fully saturated rings. The van der Waals surface area contributed by atoms with Crippen molar-refractivity contribution >= 4 is 22.3 Å². The van der Waals surface area contributed by atoms with E-state index in [0.717, 1.165) is 0 Å². The Balaban J connectivity index is 2.47. The van der Waals surface area contributed by atoms with Crippen LogP contribution in [0.25, 0.3) is 5.57 Å². The molecule has 1 aliphatic rings. The van der Waals surface area contributed by atoms with Crippen molar-refractivity contribution in [1.29, 1.82) is 0 Å². The van der Waals surface area contributed by atoms with Crippen LogP contribution in [-0.4, -0.2) is 19.8 Å². The molecule has 0 bridgehead atoms. The van der Waals surface area contributed by atoms with Crippen LogP contribution in [0.3, 0.4) is 0 Å². The van der Waals surface area contributed by atoms with Crippen molar-refractivity contribution in [1.82, 2.24) is 0 Å². The first-order chi connectivity index (χ1) is 7.55. The Kier molecular flexibility index (Phi) is 2.31. The normalized spacial score (nSPS) is 17.1. The van der Waals surface area contributed by atoms with Crippen molar-refractivity contribution in [3.63, 3.8) is 0 Å². The van der Waals surface area contributed by atoms with E-state index in [1.54, 1.807) is 0 Å². The Bertz CT molecular complexity index is 572. The van der Waals surface area contributed by atoms with Gasteiger partial charge in [0.25, 0.3) is 0 Å². The first kappa shape index (κ1) is 10.5. The predicted molar refractivity (Wildman–Crippen MR) is 53.3 cm³/mol. The molecule has 1 aliphatic heterocycles. The fraction of sp³-hybridized carbons (Fsp3) is 0. The summed E-state index contributed by atoms with van der Waals surface area (Å²) in [7, 11) is -4.03. The van der Waals surface area contributed by atoms with Crippen LogP contribution in [0.2, 0.25) is 0 Å². The molecule has 7 heteroatoms. The zero-order chi connectivity index (χ0) is 11.8. The van der Waals surface area contributed by atoms with E-state index in [2.05, 4.69) is 8.37 Å². The van der Waals surface area contributed by atoms with E-state index < -0.39 is 10.4 Å². The minimum atomic E-state index is -4.03. The number of benzene rings is 1. The topological polar surface area (TPSA) is 89.9 Å². The second-order valence-corrected chi connectivity index (χ2v) is 4.09. The zero-order valence-corrected chi connectivity index (χ0v) is 8.60. The van der Waals surface area contributed by atoms with E-state index in [-0.39, 0.29) is 17.1 Å². The fourth-order valence-corrected chi connectivity index (χ4v) is 1.97. The standard InChI is InChI=1S/C9H6O6S/c10-4-7(5-11)6-1-2-8-9(3-6)15-16(12,13)14-8/h1-5,10H/b7-4+. The van der Waals surface area contributed by atoms with Gasteiger partial charge in [0.2, 0.25) is 0 Å². The molecule has 0 radical (unpaired) electrons. The van der Waals surface area contributed by atoms with Gasteiger partial charge in [0, 0.05) is 0 Å². The largest absolute Gasteiger partial charge is 0.515 e. The molecule has 0 unspecified atom stereocenters. The van der Waals surface area contributed by atoms with Crippen molar-refractivity contribution in [2.24, 2.45) is 0 Å². The van der Waals surface area contributed by atoms with E-state index in [0.29, 0.717) is 18.1 Å². The Morgan fingerprint density at radius 1 is 1.25 bits per heavy atom. The molecule has 0 saturated heterocycles. The Hall–Kier alpha value is -2.02.